The second-order valence-electron chi connectivity index (χ2n) is 6.50. The van der Waals surface area contributed by atoms with E-state index in [1.807, 2.05) is 0 Å². The number of aliphatic hydroxyl groups excluding tert-OH is 1. The van der Waals surface area contributed by atoms with Crippen molar-refractivity contribution < 1.29 is 14.2 Å². The summed E-state index contributed by atoms with van der Waals surface area (Å²) in [6.45, 7) is 0.348. The first-order valence-electron chi connectivity index (χ1n) is 8.76. The van der Waals surface area contributed by atoms with Crippen LogP contribution in [0.1, 0.15) is 0 Å². The van der Waals surface area contributed by atoms with Gasteiger partial charge in [0.2, 0.25) is 5.95 Å². The van der Waals surface area contributed by atoms with Gasteiger partial charge in [-0.3, -0.25) is 10.2 Å². The van der Waals surface area contributed by atoms with Gasteiger partial charge in [0.1, 0.15) is 10.8 Å². The lowest BCUT2D eigenvalue weighted by atomic mass is 10.0. The van der Waals surface area contributed by atoms with E-state index in [0.717, 1.165) is 5.56 Å². The lowest BCUT2D eigenvalue weighted by Gasteiger charge is -2.11. The molecule has 0 spiro atoms. The van der Waals surface area contributed by atoms with Gasteiger partial charge in [0.05, 0.1) is 31.1 Å². The number of methoxy groups -OCH3 is 1. The molecule has 0 saturated carbocycles. The minimum absolute atomic E-state index is 0.0296. The Labute approximate surface area is 170 Å². The largest absolute Gasteiger partial charge is 0.495 e. The van der Waals surface area contributed by atoms with Crippen molar-refractivity contribution in [3.8, 4) is 28.4 Å². The van der Waals surface area contributed by atoms with E-state index < -0.39 is 5.82 Å². The van der Waals surface area contributed by atoms with Crippen molar-refractivity contribution in [2.75, 3.05) is 32.2 Å². The molecule has 29 heavy (non-hydrogen) atoms. The third-order valence-corrected chi connectivity index (χ3v) is 5.16. The molecule has 152 valence electrons. The molecule has 4 rings (SSSR count). The summed E-state index contributed by atoms with van der Waals surface area (Å²) in [4.78, 5) is 6.24. The molecule has 0 amide bonds. The summed E-state index contributed by atoms with van der Waals surface area (Å²) < 4.78 is 22.1. The zero-order chi connectivity index (χ0) is 20.7. The summed E-state index contributed by atoms with van der Waals surface area (Å²) in [5.41, 5.74) is 2.37. The minimum atomic E-state index is -0.586. The number of anilines is 1. The van der Waals surface area contributed by atoms with E-state index in [0.29, 0.717) is 40.5 Å². The molecule has 3 N–H and O–H groups in total. The number of H-pyrrole nitrogens is 2. The number of ether oxygens (including phenoxy) is 1. The smallest absolute Gasteiger partial charge is 0.244 e. The minimum Gasteiger partial charge on any atom is -0.495 e. The third-order valence-electron chi connectivity index (χ3n) is 4.81. The molecule has 9 nitrogen and oxygen atoms in total. The molecule has 0 bridgehead atoms. The van der Waals surface area contributed by atoms with Crippen LogP contribution in [0.15, 0.2) is 18.5 Å². The van der Waals surface area contributed by atoms with Crippen molar-refractivity contribution in [2.24, 2.45) is 7.05 Å². The van der Waals surface area contributed by atoms with Gasteiger partial charge in [0.25, 0.3) is 0 Å². The Balaban J connectivity index is 2.03. The number of aromatic amines is 2. The number of benzene rings is 1. The lowest BCUT2D eigenvalue weighted by molar-refractivity contribution is 0.303. The number of hydrogen-bond donors (Lipinski definition) is 3. The monoisotopic (exact) mass is 419 g/mol. The molecule has 0 aliphatic carbocycles. The van der Waals surface area contributed by atoms with E-state index in [1.54, 1.807) is 42.0 Å². The number of rotatable bonds is 6. The Hall–Kier alpha value is -3.11. The first-order chi connectivity index (χ1) is 14.0. The van der Waals surface area contributed by atoms with Crippen molar-refractivity contribution in [1.82, 2.24) is 29.9 Å². The van der Waals surface area contributed by atoms with Crippen LogP contribution < -0.4 is 9.64 Å². The summed E-state index contributed by atoms with van der Waals surface area (Å²) in [5, 5.41) is 23.6. The van der Waals surface area contributed by atoms with E-state index in [9.17, 15) is 0 Å². The number of halogens is 2. The molecule has 0 aliphatic rings. The topological polar surface area (TPSA) is 108 Å². The van der Waals surface area contributed by atoms with Gasteiger partial charge in [-0.1, -0.05) is 11.6 Å². The molecule has 0 radical (unpaired) electrons. The summed E-state index contributed by atoms with van der Waals surface area (Å²) in [7, 11) is 4.94. The lowest BCUT2D eigenvalue weighted by Crippen LogP contribution is -2.22. The van der Waals surface area contributed by atoms with Gasteiger partial charge >= 0.3 is 0 Å². The summed E-state index contributed by atoms with van der Waals surface area (Å²) >= 11 is 6.16. The van der Waals surface area contributed by atoms with Crippen molar-refractivity contribution >= 4 is 28.5 Å². The second kappa shape index (κ2) is 7.37. The number of aryl methyl sites for hydroxylation is 1. The Bertz CT molecular complexity index is 1170. The van der Waals surface area contributed by atoms with Crippen LogP contribution in [-0.2, 0) is 7.05 Å². The van der Waals surface area contributed by atoms with Crippen LogP contribution >= 0.6 is 11.6 Å². The molecule has 11 heteroatoms. The molecule has 0 aliphatic heterocycles. The SMILES string of the molecule is COc1cc2c(-c3cn[nH]c3)c(-c3nc(N(C)CCO)n[nH]3)n(C)c2c(F)c1Cl. The highest BCUT2D eigenvalue weighted by Gasteiger charge is 2.26. The van der Waals surface area contributed by atoms with Gasteiger partial charge in [-0.2, -0.15) is 10.1 Å². The van der Waals surface area contributed by atoms with Gasteiger partial charge in [-0.25, -0.2) is 4.39 Å². The van der Waals surface area contributed by atoms with Crippen molar-refractivity contribution in [3.63, 3.8) is 0 Å². The molecule has 3 heterocycles. The Morgan fingerprint density at radius 1 is 1.41 bits per heavy atom. The molecular weight excluding hydrogens is 401 g/mol. The molecule has 0 fully saturated rings. The standard InChI is InChI=1S/C18H19ClFN7O2/c1-26(4-5-28)18-23-17(24-25-18)16-12(9-7-21-22-8-9)10-6-11(29-3)13(19)14(20)15(10)27(16)2/h6-8,28H,4-5H2,1-3H3,(H,21,22)(H,23,24,25). The maximum absolute atomic E-state index is 15.2. The fourth-order valence-electron chi connectivity index (χ4n) is 3.40. The third kappa shape index (κ3) is 3.00. The van der Waals surface area contributed by atoms with Gasteiger partial charge in [-0.05, 0) is 6.07 Å². The van der Waals surface area contributed by atoms with Crippen molar-refractivity contribution in [2.45, 2.75) is 0 Å². The van der Waals surface area contributed by atoms with Crippen LogP contribution in [0.4, 0.5) is 10.3 Å². The molecule has 0 saturated heterocycles. The van der Waals surface area contributed by atoms with E-state index >= 15 is 4.39 Å². The predicted octanol–water partition coefficient (Wildman–Crippen LogP) is 2.58. The highest BCUT2D eigenvalue weighted by Crippen LogP contribution is 2.44. The number of hydrogen-bond acceptors (Lipinski definition) is 6. The van der Waals surface area contributed by atoms with Gasteiger partial charge in [-0.15, -0.1) is 5.10 Å². The van der Waals surface area contributed by atoms with E-state index in [4.69, 9.17) is 21.4 Å². The first kappa shape index (κ1) is 19.2. The number of likely N-dealkylation sites (N-methyl/N-ethyl adjacent to an activating group) is 1. The van der Waals surface area contributed by atoms with Crippen LogP contribution in [0.25, 0.3) is 33.5 Å². The van der Waals surface area contributed by atoms with E-state index in [1.165, 1.54) is 7.11 Å². The highest BCUT2D eigenvalue weighted by molar-refractivity contribution is 6.33. The summed E-state index contributed by atoms with van der Waals surface area (Å²) in [5.74, 6) is 0.499. The van der Waals surface area contributed by atoms with Crippen LogP contribution in [0.3, 0.4) is 0 Å². The van der Waals surface area contributed by atoms with Gasteiger partial charge in [0, 0.05) is 43.4 Å². The Kier molecular flexibility index (Phi) is 4.89. The summed E-state index contributed by atoms with van der Waals surface area (Å²) in [6.07, 6.45) is 3.36. The van der Waals surface area contributed by atoms with Crippen molar-refractivity contribution in [1.29, 1.82) is 0 Å². The normalized spacial score (nSPS) is 11.4. The molecule has 4 aromatic rings. The summed E-state index contributed by atoms with van der Waals surface area (Å²) in [6, 6.07) is 1.70. The zero-order valence-corrected chi connectivity index (χ0v) is 16.7. The number of nitrogens with zero attached hydrogens (tertiary/aromatic N) is 5. The van der Waals surface area contributed by atoms with Gasteiger partial charge < -0.3 is 19.3 Å². The maximum Gasteiger partial charge on any atom is 0.244 e. The average Bonchev–Trinajstić information content (AvgIpc) is 3.43. The molecule has 3 aromatic heterocycles. The van der Waals surface area contributed by atoms with E-state index in [2.05, 4.69) is 25.4 Å². The molecular formula is C18H19ClFN7O2. The van der Waals surface area contributed by atoms with Crippen molar-refractivity contribution in [3.05, 3.63) is 29.3 Å². The number of fused-ring (bicyclic) bond motifs is 1. The quantitative estimate of drug-likeness (QED) is 0.443. The molecule has 0 atom stereocenters. The Morgan fingerprint density at radius 3 is 2.86 bits per heavy atom. The Morgan fingerprint density at radius 2 is 2.21 bits per heavy atom. The van der Waals surface area contributed by atoms with Gasteiger partial charge in [0.15, 0.2) is 11.6 Å². The maximum atomic E-state index is 15.2. The average molecular weight is 420 g/mol. The second-order valence-corrected chi connectivity index (χ2v) is 6.88. The number of aromatic nitrogens is 6. The molecule has 1 aromatic carbocycles. The van der Waals surface area contributed by atoms with Crippen LogP contribution in [0.5, 0.6) is 5.75 Å². The van der Waals surface area contributed by atoms with E-state index in [-0.39, 0.29) is 17.4 Å². The molecule has 0 unspecified atom stereocenters. The van der Waals surface area contributed by atoms with Crippen LogP contribution in [0, 0.1) is 5.82 Å². The fraction of sp³-hybridized carbons (Fsp3) is 0.278. The number of aliphatic hydroxyl groups is 1. The van der Waals surface area contributed by atoms with Crippen LogP contribution in [-0.4, -0.2) is 62.4 Å². The fourth-order valence-corrected chi connectivity index (χ4v) is 3.63. The zero-order valence-electron chi connectivity index (χ0n) is 16.0. The number of nitrogens with one attached hydrogen (secondary N) is 2. The first-order valence-corrected chi connectivity index (χ1v) is 9.14. The van der Waals surface area contributed by atoms with Crippen LogP contribution in [0.2, 0.25) is 5.02 Å². The predicted molar refractivity (Wildman–Crippen MR) is 108 cm³/mol. The highest BCUT2D eigenvalue weighted by atomic mass is 35.5.